The summed E-state index contributed by atoms with van der Waals surface area (Å²) in [6, 6.07) is 4.04. The molecule has 1 aliphatic rings. The van der Waals surface area contributed by atoms with Gasteiger partial charge in [0.1, 0.15) is 10.4 Å². The molecule has 96 valence electrons. The lowest BCUT2D eigenvalue weighted by molar-refractivity contribution is 0.570. The van der Waals surface area contributed by atoms with Gasteiger partial charge in [0, 0.05) is 19.6 Å². The van der Waals surface area contributed by atoms with Crippen molar-refractivity contribution in [3.8, 4) is 0 Å². The molecule has 2 N–H and O–H groups in total. The molecular weight excluding hydrogens is 294 g/mol. The van der Waals surface area contributed by atoms with Crippen molar-refractivity contribution in [2.45, 2.75) is 25.8 Å². The minimum absolute atomic E-state index is 0.420. The molecule has 0 bridgehead atoms. The van der Waals surface area contributed by atoms with Crippen LogP contribution in [0.2, 0.25) is 0 Å². The van der Waals surface area contributed by atoms with Crippen LogP contribution < -0.4 is 10.6 Å². The van der Waals surface area contributed by atoms with E-state index in [4.69, 9.17) is 5.73 Å². The van der Waals surface area contributed by atoms with E-state index >= 15 is 0 Å². The van der Waals surface area contributed by atoms with Gasteiger partial charge in [0.15, 0.2) is 5.65 Å². The number of imidazole rings is 1. The average Bonchev–Trinajstić information content (AvgIpc) is 2.76. The molecule has 1 saturated heterocycles. The number of fused-ring (bicyclic) bond motifs is 1. The predicted molar refractivity (Wildman–Crippen MR) is 74.6 cm³/mol. The summed E-state index contributed by atoms with van der Waals surface area (Å²) >= 11 is 3.51. The fourth-order valence-electron chi connectivity index (χ4n) is 2.36. The molecule has 0 aromatic carbocycles. The molecule has 1 aliphatic heterocycles. The van der Waals surface area contributed by atoms with Crippen molar-refractivity contribution < 1.29 is 0 Å². The highest BCUT2D eigenvalue weighted by atomic mass is 79.9. The lowest BCUT2D eigenvalue weighted by Gasteiger charge is -2.27. The third-order valence-corrected chi connectivity index (χ3v) is 4.14. The molecule has 0 aliphatic carbocycles. The lowest BCUT2D eigenvalue weighted by Crippen LogP contribution is -2.30. The molecule has 1 fully saturated rings. The van der Waals surface area contributed by atoms with Gasteiger partial charge in [-0.2, -0.15) is 0 Å². The van der Waals surface area contributed by atoms with Crippen LogP contribution in [0.1, 0.15) is 25.0 Å². The highest BCUT2D eigenvalue weighted by Crippen LogP contribution is 2.22. The number of aromatic nitrogens is 3. The fourth-order valence-corrected chi connectivity index (χ4v) is 2.88. The summed E-state index contributed by atoms with van der Waals surface area (Å²) in [5, 5.41) is 4.64. The SMILES string of the molecule is NCc1nc2ccc(N3CCCCC3)nn2c1Br. The van der Waals surface area contributed by atoms with Crippen molar-refractivity contribution in [3.05, 3.63) is 22.4 Å². The Morgan fingerprint density at radius 1 is 1.22 bits per heavy atom. The van der Waals surface area contributed by atoms with Gasteiger partial charge in [-0.15, -0.1) is 5.10 Å². The largest absolute Gasteiger partial charge is 0.355 e. The maximum Gasteiger partial charge on any atom is 0.155 e. The first-order valence-electron chi connectivity index (χ1n) is 6.29. The van der Waals surface area contributed by atoms with Gasteiger partial charge in [-0.05, 0) is 47.3 Å². The van der Waals surface area contributed by atoms with E-state index in [1.807, 2.05) is 16.6 Å². The maximum atomic E-state index is 5.65. The third-order valence-electron chi connectivity index (χ3n) is 3.35. The zero-order valence-electron chi connectivity index (χ0n) is 10.1. The number of piperidine rings is 1. The fraction of sp³-hybridized carbons (Fsp3) is 0.500. The molecule has 2 aromatic rings. The van der Waals surface area contributed by atoms with Crippen LogP contribution in [0.15, 0.2) is 16.7 Å². The van der Waals surface area contributed by atoms with Crippen LogP contribution in [0.3, 0.4) is 0 Å². The summed E-state index contributed by atoms with van der Waals surface area (Å²) in [6.45, 7) is 2.60. The minimum Gasteiger partial charge on any atom is -0.355 e. The van der Waals surface area contributed by atoms with Crippen LogP contribution in [0.25, 0.3) is 5.65 Å². The molecule has 0 radical (unpaired) electrons. The van der Waals surface area contributed by atoms with Crippen LogP contribution in [0.4, 0.5) is 5.82 Å². The van der Waals surface area contributed by atoms with Gasteiger partial charge in [-0.3, -0.25) is 0 Å². The monoisotopic (exact) mass is 309 g/mol. The number of halogens is 1. The molecular formula is C12H16BrN5. The Morgan fingerprint density at radius 2 is 2.00 bits per heavy atom. The summed E-state index contributed by atoms with van der Waals surface area (Å²) in [4.78, 5) is 6.76. The van der Waals surface area contributed by atoms with E-state index < -0.39 is 0 Å². The first kappa shape index (κ1) is 11.9. The van der Waals surface area contributed by atoms with Crippen LogP contribution >= 0.6 is 15.9 Å². The molecule has 3 rings (SSSR count). The average molecular weight is 310 g/mol. The Balaban J connectivity index is 2.01. The van der Waals surface area contributed by atoms with E-state index in [-0.39, 0.29) is 0 Å². The zero-order chi connectivity index (χ0) is 12.5. The van der Waals surface area contributed by atoms with Crippen LogP contribution in [-0.4, -0.2) is 27.7 Å². The van der Waals surface area contributed by atoms with Crippen molar-refractivity contribution >= 4 is 27.4 Å². The Morgan fingerprint density at radius 3 is 2.72 bits per heavy atom. The predicted octanol–water partition coefficient (Wildman–Crippen LogP) is 1.94. The van der Waals surface area contributed by atoms with E-state index in [2.05, 4.69) is 30.9 Å². The number of hydrogen-bond donors (Lipinski definition) is 1. The summed E-state index contributed by atoms with van der Waals surface area (Å²) in [5.74, 6) is 1.02. The normalized spacial score (nSPS) is 16.4. The second-order valence-electron chi connectivity index (χ2n) is 4.56. The topological polar surface area (TPSA) is 59.5 Å². The Labute approximate surface area is 114 Å². The molecule has 0 atom stereocenters. The molecule has 2 aromatic heterocycles. The van der Waals surface area contributed by atoms with Gasteiger partial charge in [-0.1, -0.05) is 0 Å². The van der Waals surface area contributed by atoms with E-state index in [1.54, 1.807) is 0 Å². The number of anilines is 1. The smallest absolute Gasteiger partial charge is 0.155 e. The van der Waals surface area contributed by atoms with Crippen molar-refractivity contribution in [2.75, 3.05) is 18.0 Å². The summed E-state index contributed by atoms with van der Waals surface area (Å²) < 4.78 is 2.69. The Kier molecular flexibility index (Phi) is 3.22. The van der Waals surface area contributed by atoms with E-state index in [1.165, 1.54) is 19.3 Å². The van der Waals surface area contributed by atoms with Crippen molar-refractivity contribution in [3.63, 3.8) is 0 Å². The van der Waals surface area contributed by atoms with Gasteiger partial charge in [0.25, 0.3) is 0 Å². The summed E-state index contributed by atoms with van der Waals surface area (Å²) in [5.41, 5.74) is 7.33. The standard InChI is InChI=1S/C12H16BrN5/c13-12-9(8-14)15-10-4-5-11(16-18(10)12)17-6-2-1-3-7-17/h4-5H,1-3,6-8,14H2. The van der Waals surface area contributed by atoms with Gasteiger partial charge in [0.2, 0.25) is 0 Å². The number of rotatable bonds is 2. The van der Waals surface area contributed by atoms with Crippen molar-refractivity contribution in [1.29, 1.82) is 0 Å². The molecule has 3 heterocycles. The van der Waals surface area contributed by atoms with Gasteiger partial charge in [-0.25, -0.2) is 9.50 Å². The second-order valence-corrected chi connectivity index (χ2v) is 5.31. The summed E-state index contributed by atoms with van der Waals surface area (Å²) in [6.07, 6.45) is 3.82. The number of nitrogens with two attached hydrogens (primary N) is 1. The molecule has 0 spiro atoms. The second kappa shape index (κ2) is 4.85. The van der Waals surface area contributed by atoms with Crippen LogP contribution in [0, 0.1) is 0 Å². The van der Waals surface area contributed by atoms with Gasteiger partial charge < -0.3 is 10.6 Å². The van der Waals surface area contributed by atoms with E-state index in [0.29, 0.717) is 6.54 Å². The van der Waals surface area contributed by atoms with Crippen molar-refractivity contribution in [2.24, 2.45) is 5.73 Å². The highest BCUT2D eigenvalue weighted by Gasteiger charge is 2.15. The molecule has 0 saturated carbocycles. The Bertz CT molecular complexity index is 559. The summed E-state index contributed by atoms with van der Waals surface area (Å²) in [7, 11) is 0. The van der Waals surface area contributed by atoms with Gasteiger partial charge in [0.05, 0.1) is 5.69 Å². The van der Waals surface area contributed by atoms with Crippen LogP contribution in [0.5, 0.6) is 0 Å². The molecule has 6 heteroatoms. The van der Waals surface area contributed by atoms with E-state index in [9.17, 15) is 0 Å². The Hall–Kier alpha value is -1.14. The number of hydrogen-bond acceptors (Lipinski definition) is 4. The van der Waals surface area contributed by atoms with E-state index in [0.717, 1.165) is 34.9 Å². The minimum atomic E-state index is 0.420. The molecule has 0 unspecified atom stereocenters. The zero-order valence-corrected chi connectivity index (χ0v) is 11.7. The lowest BCUT2D eigenvalue weighted by atomic mass is 10.1. The first-order valence-corrected chi connectivity index (χ1v) is 7.08. The van der Waals surface area contributed by atoms with Crippen molar-refractivity contribution in [1.82, 2.24) is 14.6 Å². The maximum absolute atomic E-state index is 5.65. The third kappa shape index (κ3) is 1.99. The highest BCUT2D eigenvalue weighted by molar-refractivity contribution is 9.10. The number of nitrogens with zero attached hydrogens (tertiary/aromatic N) is 4. The van der Waals surface area contributed by atoms with Gasteiger partial charge >= 0.3 is 0 Å². The quantitative estimate of drug-likeness (QED) is 0.921. The molecule has 18 heavy (non-hydrogen) atoms. The molecule has 5 nitrogen and oxygen atoms in total. The molecule has 0 amide bonds. The van der Waals surface area contributed by atoms with Crippen LogP contribution in [-0.2, 0) is 6.54 Å². The first-order chi connectivity index (χ1) is 8.79.